The highest BCUT2D eigenvalue weighted by Gasteiger charge is 2.17. The van der Waals surface area contributed by atoms with Gasteiger partial charge in [0.2, 0.25) is 5.88 Å². The summed E-state index contributed by atoms with van der Waals surface area (Å²) in [5, 5.41) is 18.5. The van der Waals surface area contributed by atoms with Crippen LogP contribution in [0.5, 0.6) is 5.88 Å². The second kappa shape index (κ2) is 7.73. The van der Waals surface area contributed by atoms with Gasteiger partial charge in [0.05, 0.1) is 12.6 Å². The topological polar surface area (TPSA) is 79.4 Å². The van der Waals surface area contributed by atoms with Crippen molar-refractivity contribution in [2.45, 2.75) is 20.4 Å². The molecule has 1 heterocycles. The van der Waals surface area contributed by atoms with Gasteiger partial charge in [0, 0.05) is 18.5 Å². The van der Waals surface area contributed by atoms with E-state index in [0.29, 0.717) is 6.54 Å². The first-order chi connectivity index (χ1) is 11.1. The number of methoxy groups -OCH3 is 1. The van der Waals surface area contributed by atoms with Crippen molar-refractivity contribution in [2.24, 2.45) is 10.2 Å². The van der Waals surface area contributed by atoms with E-state index in [1.165, 1.54) is 7.11 Å². The maximum Gasteiger partial charge on any atom is 0.452 e. The minimum Gasteiger partial charge on any atom is -0.493 e. The van der Waals surface area contributed by atoms with E-state index in [4.69, 9.17) is 0 Å². The third-order valence-electron chi connectivity index (χ3n) is 3.86. The third-order valence-corrected chi connectivity index (χ3v) is 3.86. The van der Waals surface area contributed by atoms with Crippen LogP contribution >= 0.6 is 0 Å². The minimum absolute atomic E-state index is 0.00556. The summed E-state index contributed by atoms with van der Waals surface area (Å²) >= 11 is 0. The lowest BCUT2D eigenvalue weighted by atomic mass is 10.2. The molecule has 0 aliphatic heterocycles. The predicted molar refractivity (Wildman–Crippen MR) is 88.3 cm³/mol. The Labute approximate surface area is 135 Å². The molecule has 0 spiro atoms. The van der Waals surface area contributed by atoms with Gasteiger partial charge in [-0.3, -0.25) is 0 Å². The zero-order valence-corrected chi connectivity index (χ0v) is 13.7. The molecule has 23 heavy (non-hydrogen) atoms. The SMILES string of the molecule is CCN(CC)CCn1c(O)c(N=NC(=O)OC)c2ccccc21. The van der Waals surface area contributed by atoms with Gasteiger partial charge in [-0.2, -0.15) is 0 Å². The molecule has 124 valence electrons. The summed E-state index contributed by atoms with van der Waals surface area (Å²) in [6.07, 6.45) is -0.802. The Kier molecular flexibility index (Phi) is 5.70. The number of rotatable bonds is 6. The summed E-state index contributed by atoms with van der Waals surface area (Å²) in [5.41, 5.74) is 1.14. The number of azo groups is 1. The number of nitrogens with zero attached hydrogens (tertiary/aromatic N) is 4. The van der Waals surface area contributed by atoms with Crippen molar-refractivity contribution >= 4 is 22.7 Å². The Morgan fingerprint density at radius 2 is 2.00 bits per heavy atom. The van der Waals surface area contributed by atoms with Crippen LogP contribution in [0.25, 0.3) is 10.9 Å². The molecule has 1 aromatic carbocycles. The average molecular weight is 318 g/mol. The van der Waals surface area contributed by atoms with Crippen molar-refractivity contribution < 1.29 is 14.6 Å². The predicted octanol–water partition coefficient (Wildman–Crippen LogP) is 3.54. The van der Waals surface area contributed by atoms with Crippen LogP contribution in [0, 0.1) is 0 Å². The van der Waals surface area contributed by atoms with E-state index in [2.05, 4.69) is 33.7 Å². The molecule has 2 aromatic rings. The summed E-state index contributed by atoms with van der Waals surface area (Å²) in [4.78, 5) is 13.4. The van der Waals surface area contributed by atoms with Gasteiger partial charge in [-0.15, -0.1) is 5.11 Å². The molecule has 0 saturated carbocycles. The van der Waals surface area contributed by atoms with Crippen LogP contribution in [0.3, 0.4) is 0 Å². The molecule has 0 fully saturated rings. The third kappa shape index (κ3) is 3.68. The summed E-state index contributed by atoms with van der Waals surface area (Å²) in [7, 11) is 1.23. The first-order valence-corrected chi connectivity index (χ1v) is 7.64. The number of para-hydroxylation sites is 1. The van der Waals surface area contributed by atoms with E-state index in [9.17, 15) is 9.90 Å². The summed E-state index contributed by atoms with van der Waals surface area (Å²) in [6, 6.07) is 7.51. The van der Waals surface area contributed by atoms with E-state index in [1.54, 1.807) is 4.57 Å². The fourth-order valence-corrected chi connectivity index (χ4v) is 2.51. The van der Waals surface area contributed by atoms with Gasteiger partial charge in [0.1, 0.15) is 0 Å². The summed E-state index contributed by atoms with van der Waals surface area (Å²) in [6.45, 7) is 7.55. The Balaban J connectivity index is 2.39. The fraction of sp³-hybridized carbons (Fsp3) is 0.438. The standard InChI is InChI=1S/C16H22N4O3/c1-4-19(5-2)10-11-20-13-9-7-6-8-12(13)14(15(20)21)17-18-16(22)23-3/h6-9,21H,4-5,10-11H2,1-3H3. The van der Waals surface area contributed by atoms with Crippen molar-refractivity contribution in [3.05, 3.63) is 24.3 Å². The maximum absolute atomic E-state index is 11.2. The number of benzene rings is 1. The van der Waals surface area contributed by atoms with Crippen LogP contribution in [0.15, 0.2) is 34.5 Å². The first-order valence-electron chi connectivity index (χ1n) is 7.64. The number of fused-ring (bicyclic) bond motifs is 1. The minimum atomic E-state index is -0.802. The number of likely N-dealkylation sites (N-methyl/N-ethyl adjacent to an activating group) is 1. The van der Waals surface area contributed by atoms with Crippen molar-refractivity contribution in [3.63, 3.8) is 0 Å². The Morgan fingerprint density at radius 1 is 1.30 bits per heavy atom. The molecule has 1 N–H and O–H groups in total. The number of aromatic hydroxyl groups is 1. The van der Waals surface area contributed by atoms with Gasteiger partial charge < -0.3 is 19.3 Å². The molecule has 0 unspecified atom stereocenters. The van der Waals surface area contributed by atoms with Crippen molar-refractivity contribution in [2.75, 3.05) is 26.7 Å². The van der Waals surface area contributed by atoms with Crippen LogP contribution in [-0.2, 0) is 11.3 Å². The maximum atomic E-state index is 11.2. The normalized spacial score (nSPS) is 11.7. The van der Waals surface area contributed by atoms with Crippen LogP contribution < -0.4 is 0 Å². The van der Waals surface area contributed by atoms with Gasteiger partial charge in [-0.25, -0.2) is 4.79 Å². The van der Waals surface area contributed by atoms with Crippen molar-refractivity contribution in [3.8, 4) is 5.88 Å². The number of carbonyl (C=O) groups is 1. The van der Waals surface area contributed by atoms with Crippen molar-refractivity contribution in [1.29, 1.82) is 0 Å². The van der Waals surface area contributed by atoms with Gasteiger partial charge in [-0.05, 0) is 19.2 Å². The number of aromatic nitrogens is 1. The van der Waals surface area contributed by atoms with Gasteiger partial charge in [0.15, 0.2) is 5.69 Å². The van der Waals surface area contributed by atoms with Crippen LogP contribution in [0.1, 0.15) is 13.8 Å². The smallest absolute Gasteiger partial charge is 0.452 e. The van der Waals surface area contributed by atoms with E-state index < -0.39 is 6.09 Å². The lowest BCUT2D eigenvalue weighted by Crippen LogP contribution is -2.26. The number of carbonyl (C=O) groups excluding carboxylic acids is 1. The van der Waals surface area contributed by atoms with Gasteiger partial charge in [0.25, 0.3) is 0 Å². The molecular formula is C16H22N4O3. The molecule has 1 aromatic heterocycles. The second-order valence-corrected chi connectivity index (χ2v) is 5.04. The number of hydrogen-bond donors (Lipinski definition) is 1. The van der Waals surface area contributed by atoms with Crippen LogP contribution in [0.4, 0.5) is 10.5 Å². The fourth-order valence-electron chi connectivity index (χ4n) is 2.51. The van der Waals surface area contributed by atoms with Gasteiger partial charge in [-0.1, -0.05) is 37.2 Å². The zero-order valence-electron chi connectivity index (χ0n) is 13.7. The Bertz CT molecular complexity index is 705. The molecule has 1 amide bonds. The monoisotopic (exact) mass is 318 g/mol. The highest BCUT2D eigenvalue weighted by atomic mass is 16.5. The number of hydrogen-bond acceptors (Lipinski definition) is 5. The molecule has 0 bridgehead atoms. The number of amides is 1. The highest BCUT2D eigenvalue weighted by Crippen LogP contribution is 2.38. The van der Waals surface area contributed by atoms with Gasteiger partial charge >= 0.3 is 6.09 Å². The molecular weight excluding hydrogens is 296 g/mol. The summed E-state index contributed by atoms with van der Waals surface area (Å²) in [5.74, 6) is 0.00556. The van der Waals surface area contributed by atoms with E-state index >= 15 is 0 Å². The van der Waals surface area contributed by atoms with E-state index in [1.807, 2.05) is 24.3 Å². The highest BCUT2D eigenvalue weighted by molar-refractivity contribution is 5.95. The Hall–Kier alpha value is -2.41. The largest absolute Gasteiger partial charge is 0.493 e. The molecule has 7 nitrogen and oxygen atoms in total. The molecule has 7 heteroatoms. The molecule has 0 saturated heterocycles. The van der Waals surface area contributed by atoms with Crippen LogP contribution in [-0.4, -0.2) is 47.4 Å². The van der Waals surface area contributed by atoms with Crippen LogP contribution in [0.2, 0.25) is 0 Å². The molecule has 0 aliphatic carbocycles. The molecule has 0 aliphatic rings. The molecule has 0 radical (unpaired) electrons. The average Bonchev–Trinajstić information content (AvgIpc) is 2.85. The van der Waals surface area contributed by atoms with E-state index in [-0.39, 0.29) is 11.6 Å². The summed E-state index contributed by atoms with van der Waals surface area (Å²) < 4.78 is 6.24. The lowest BCUT2D eigenvalue weighted by Gasteiger charge is -2.18. The van der Waals surface area contributed by atoms with E-state index in [0.717, 1.165) is 30.5 Å². The number of ether oxygens (including phenoxy) is 1. The first kappa shape index (κ1) is 17.0. The molecule has 2 rings (SSSR count). The molecule has 0 atom stereocenters. The lowest BCUT2D eigenvalue weighted by molar-refractivity contribution is 0.181. The quantitative estimate of drug-likeness (QED) is 0.826. The second-order valence-electron chi connectivity index (χ2n) is 5.04. The van der Waals surface area contributed by atoms with Crippen molar-refractivity contribution in [1.82, 2.24) is 9.47 Å². The zero-order chi connectivity index (χ0) is 16.8. The Morgan fingerprint density at radius 3 is 2.65 bits per heavy atom.